The molecule has 0 N–H and O–H groups in total. The van der Waals surface area contributed by atoms with Crippen LogP contribution in [-0.4, -0.2) is 25.0 Å². The molecule has 0 amide bonds. The van der Waals surface area contributed by atoms with Crippen molar-refractivity contribution in [1.29, 1.82) is 0 Å². The zero-order valence-corrected chi connectivity index (χ0v) is 13.1. The number of hydrogen-bond acceptors (Lipinski definition) is 2. The van der Waals surface area contributed by atoms with E-state index in [1.807, 2.05) is 31.2 Å². The lowest BCUT2D eigenvalue weighted by Gasteiger charge is -2.24. The molecule has 3 nitrogen and oxygen atoms in total. The second kappa shape index (κ2) is 5.87. The first-order valence-corrected chi connectivity index (χ1v) is 8.61. The highest BCUT2D eigenvalue weighted by molar-refractivity contribution is 7.92. The molecule has 1 aliphatic rings. The number of rotatable bonds is 4. The molecule has 0 radical (unpaired) electrons. The van der Waals surface area contributed by atoms with Crippen LogP contribution in [0.4, 0.5) is 0 Å². The first-order valence-electron chi connectivity index (χ1n) is 6.90. The van der Waals surface area contributed by atoms with Crippen molar-refractivity contribution in [3.63, 3.8) is 0 Å². The molecule has 1 aromatic rings. The van der Waals surface area contributed by atoms with E-state index in [-0.39, 0.29) is 5.75 Å². The largest absolute Gasteiger partial charge is 0.304 e. The van der Waals surface area contributed by atoms with E-state index < -0.39 is 20.6 Å². The molecule has 2 rings (SSSR count). The van der Waals surface area contributed by atoms with Gasteiger partial charge < -0.3 is 4.85 Å². The van der Waals surface area contributed by atoms with Gasteiger partial charge in [0.15, 0.2) is 15.1 Å². The monoisotopic (exact) mass is 301 g/mol. The molecule has 4 heteroatoms. The van der Waals surface area contributed by atoms with Crippen molar-refractivity contribution in [3.05, 3.63) is 71.1 Å². The Bertz CT molecular complexity index is 725. The molecule has 2 atom stereocenters. The van der Waals surface area contributed by atoms with Crippen LogP contribution in [0, 0.1) is 13.5 Å². The summed E-state index contributed by atoms with van der Waals surface area (Å²) in [4.78, 5) is 3.53. The van der Waals surface area contributed by atoms with Crippen molar-refractivity contribution >= 4 is 9.84 Å². The minimum atomic E-state index is -3.37. The van der Waals surface area contributed by atoms with Crippen molar-refractivity contribution in [2.45, 2.75) is 31.1 Å². The Kier molecular flexibility index (Phi) is 4.34. The van der Waals surface area contributed by atoms with Crippen LogP contribution in [0.25, 0.3) is 4.85 Å². The number of nitrogens with zero attached hydrogens (tertiary/aromatic N) is 1. The Balaban J connectivity index is 2.20. The quantitative estimate of drug-likeness (QED) is 0.801. The number of hydrogen-bond donors (Lipinski definition) is 0. The number of benzene rings is 1. The van der Waals surface area contributed by atoms with Gasteiger partial charge in [0.25, 0.3) is 5.54 Å². The Morgan fingerprint density at radius 3 is 2.67 bits per heavy atom. The van der Waals surface area contributed by atoms with E-state index in [4.69, 9.17) is 6.57 Å². The van der Waals surface area contributed by atoms with E-state index in [9.17, 15) is 8.42 Å². The highest BCUT2D eigenvalue weighted by Crippen LogP contribution is 2.29. The smallest absolute Gasteiger partial charge is 0.268 e. The van der Waals surface area contributed by atoms with Gasteiger partial charge in [-0.05, 0) is 24.5 Å². The zero-order chi connectivity index (χ0) is 15.5. The fourth-order valence-corrected chi connectivity index (χ4v) is 4.51. The molecule has 0 spiro atoms. The SMILES string of the molecule is [C-]#[N+]C1(C)C=CC=CC1S(=O)(=O)CCc1ccccc1C. The lowest BCUT2D eigenvalue weighted by molar-refractivity contribution is 0.566. The summed E-state index contributed by atoms with van der Waals surface area (Å²) in [6, 6.07) is 7.80. The molecule has 2 unspecified atom stereocenters. The molecule has 1 aliphatic carbocycles. The fourth-order valence-electron chi connectivity index (χ4n) is 2.56. The number of sulfone groups is 1. The van der Waals surface area contributed by atoms with Gasteiger partial charge in [0.05, 0.1) is 5.75 Å². The maximum Gasteiger partial charge on any atom is 0.268 e. The molecule has 1 aromatic carbocycles. The molecular formula is C17H19NO2S. The summed E-state index contributed by atoms with van der Waals surface area (Å²) in [7, 11) is -3.37. The van der Waals surface area contributed by atoms with Gasteiger partial charge >= 0.3 is 0 Å². The van der Waals surface area contributed by atoms with Gasteiger partial charge in [0, 0.05) is 13.0 Å². The summed E-state index contributed by atoms with van der Waals surface area (Å²) in [5.74, 6) is 0.0613. The maximum absolute atomic E-state index is 12.6. The zero-order valence-electron chi connectivity index (χ0n) is 12.3. The molecular weight excluding hydrogens is 282 g/mol. The molecule has 0 aliphatic heterocycles. The van der Waals surface area contributed by atoms with Gasteiger partial charge in [-0.1, -0.05) is 42.5 Å². The average molecular weight is 301 g/mol. The van der Waals surface area contributed by atoms with E-state index in [2.05, 4.69) is 4.85 Å². The van der Waals surface area contributed by atoms with Crippen LogP contribution in [0.3, 0.4) is 0 Å². The molecule has 0 aromatic heterocycles. The van der Waals surface area contributed by atoms with Gasteiger partial charge in [-0.15, -0.1) is 0 Å². The summed E-state index contributed by atoms with van der Waals surface area (Å²) >= 11 is 0. The van der Waals surface area contributed by atoms with Gasteiger partial charge in [-0.3, -0.25) is 0 Å². The predicted molar refractivity (Wildman–Crippen MR) is 85.7 cm³/mol. The molecule has 0 heterocycles. The molecule has 0 saturated carbocycles. The van der Waals surface area contributed by atoms with Crippen molar-refractivity contribution in [2.24, 2.45) is 0 Å². The minimum absolute atomic E-state index is 0.0613. The predicted octanol–water partition coefficient (Wildman–Crippen LogP) is 3.12. The van der Waals surface area contributed by atoms with Crippen molar-refractivity contribution in [3.8, 4) is 0 Å². The maximum atomic E-state index is 12.6. The van der Waals surface area contributed by atoms with Crippen LogP contribution >= 0.6 is 0 Å². The third-order valence-electron chi connectivity index (χ3n) is 3.95. The van der Waals surface area contributed by atoms with Gasteiger partial charge in [-0.2, -0.15) is 0 Å². The number of aryl methyl sites for hydroxylation is 2. The highest BCUT2D eigenvalue weighted by atomic mass is 32.2. The first-order chi connectivity index (χ1) is 9.89. The summed E-state index contributed by atoms with van der Waals surface area (Å²) < 4.78 is 25.2. The lowest BCUT2D eigenvalue weighted by Crippen LogP contribution is -2.41. The average Bonchev–Trinajstić information content (AvgIpc) is 2.47. The highest BCUT2D eigenvalue weighted by Gasteiger charge is 2.45. The second-order valence-electron chi connectivity index (χ2n) is 5.55. The molecule has 0 fully saturated rings. The third-order valence-corrected chi connectivity index (χ3v) is 6.13. The summed E-state index contributed by atoms with van der Waals surface area (Å²) in [5, 5.41) is -0.767. The topological polar surface area (TPSA) is 38.5 Å². The van der Waals surface area contributed by atoms with Gasteiger partial charge in [0.1, 0.15) is 0 Å². The van der Waals surface area contributed by atoms with E-state index in [1.54, 1.807) is 31.2 Å². The van der Waals surface area contributed by atoms with Crippen LogP contribution in [-0.2, 0) is 16.3 Å². The van der Waals surface area contributed by atoms with Crippen LogP contribution in [0.2, 0.25) is 0 Å². The van der Waals surface area contributed by atoms with E-state index in [0.29, 0.717) is 6.42 Å². The lowest BCUT2D eigenvalue weighted by atomic mass is 9.94. The molecule has 21 heavy (non-hydrogen) atoms. The van der Waals surface area contributed by atoms with Gasteiger partial charge in [-0.25, -0.2) is 15.0 Å². The van der Waals surface area contributed by atoms with Crippen LogP contribution in [0.15, 0.2) is 48.6 Å². The standard InChI is InChI=1S/C17H19NO2S/c1-14-8-4-5-9-15(14)11-13-21(19,20)16-10-6-7-12-17(16,2)18-3/h4-10,12,16H,11,13H2,1-2H3. The molecule has 110 valence electrons. The summed E-state index contributed by atoms with van der Waals surface area (Å²) in [5.41, 5.74) is 1.14. The van der Waals surface area contributed by atoms with Crippen molar-refractivity contribution in [1.82, 2.24) is 0 Å². The van der Waals surface area contributed by atoms with Crippen molar-refractivity contribution in [2.75, 3.05) is 5.75 Å². The van der Waals surface area contributed by atoms with Gasteiger partial charge in [0.2, 0.25) is 0 Å². The second-order valence-corrected chi connectivity index (χ2v) is 7.79. The third kappa shape index (κ3) is 3.25. The van der Waals surface area contributed by atoms with Crippen molar-refractivity contribution < 1.29 is 8.42 Å². The Morgan fingerprint density at radius 2 is 2.00 bits per heavy atom. The Morgan fingerprint density at radius 1 is 1.29 bits per heavy atom. The number of allylic oxidation sites excluding steroid dienone is 2. The summed E-state index contributed by atoms with van der Waals surface area (Å²) in [6.45, 7) is 11.0. The Hall–Kier alpha value is -1.86. The molecule has 0 bridgehead atoms. The minimum Gasteiger partial charge on any atom is -0.304 e. The van der Waals surface area contributed by atoms with E-state index in [1.165, 1.54) is 0 Å². The normalized spacial score (nSPS) is 24.7. The van der Waals surface area contributed by atoms with E-state index >= 15 is 0 Å². The van der Waals surface area contributed by atoms with Crippen LogP contribution in [0.1, 0.15) is 18.1 Å². The van der Waals surface area contributed by atoms with E-state index in [0.717, 1.165) is 11.1 Å². The fraction of sp³-hybridized carbons (Fsp3) is 0.353. The van der Waals surface area contributed by atoms with Crippen LogP contribution < -0.4 is 0 Å². The molecule has 0 saturated heterocycles. The van der Waals surface area contributed by atoms with Crippen LogP contribution in [0.5, 0.6) is 0 Å². The summed E-state index contributed by atoms with van der Waals surface area (Å²) in [6.07, 6.45) is 7.24. The Labute approximate surface area is 126 Å². The first kappa shape index (κ1) is 15.5.